The van der Waals surface area contributed by atoms with Gasteiger partial charge >= 0.3 is 0 Å². The molecule has 3 rings (SSSR count). The molecular weight excluding hydrogens is 255 g/mol. The highest BCUT2D eigenvalue weighted by atomic mass is 19.1. The van der Waals surface area contributed by atoms with E-state index < -0.39 is 0 Å². The van der Waals surface area contributed by atoms with Gasteiger partial charge in [0, 0.05) is 17.3 Å². The summed E-state index contributed by atoms with van der Waals surface area (Å²) >= 11 is 0. The van der Waals surface area contributed by atoms with Gasteiger partial charge in [0.2, 0.25) is 0 Å². The van der Waals surface area contributed by atoms with Crippen molar-refractivity contribution in [1.82, 2.24) is 9.38 Å². The first-order chi connectivity index (χ1) is 9.54. The van der Waals surface area contributed by atoms with Crippen molar-refractivity contribution in [3.05, 3.63) is 69.9 Å². The summed E-state index contributed by atoms with van der Waals surface area (Å²) in [7, 11) is 0. The maximum Gasteiger partial charge on any atom is 0.258 e. The van der Waals surface area contributed by atoms with Gasteiger partial charge in [0.05, 0.1) is 5.69 Å². The van der Waals surface area contributed by atoms with E-state index in [-0.39, 0.29) is 11.4 Å². The summed E-state index contributed by atoms with van der Waals surface area (Å²) < 4.78 is 14.5. The van der Waals surface area contributed by atoms with Gasteiger partial charge in [-0.05, 0) is 55.8 Å². The number of aromatic nitrogens is 2. The third-order valence-corrected chi connectivity index (χ3v) is 3.23. The van der Waals surface area contributed by atoms with Gasteiger partial charge < -0.3 is 0 Å². The third-order valence-electron chi connectivity index (χ3n) is 3.23. The molecule has 4 heteroatoms. The number of aryl methyl sites for hydroxylation is 2. The van der Waals surface area contributed by atoms with Crippen LogP contribution in [0.2, 0.25) is 0 Å². The van der Waals surface area contributed by atoms with Crippen molar-refractivity contribution in [2.24, 2.45) is 0 Å². The van der Waals surface area contributed by atoms with E-state index >= 15 is 0 Å². The molecule has 0 saturated heterocycles. The lowest BCUT2D eigenvalue weighted by Gasteiger charge is -2.08. The molecule has 20 heavy (non-hydrogen) atoms. The Morgan fingerprint density at radius 1 is 1.05 bits per heavy atom. The van der Waals surface area contributed by atoms with E-state index in [1.54, 1.807) is 16.5 Å². The number of rotatable bonds is 1. The first-order valence-electron chi connectivity index (χ1n) is 6.31. The molecular formula is C16H13FN2O. The Labute approximate surface area is 115 Å². The van der Waals surface area contributed by atoms with Gasteiger partial charge in [-0.25, -0.2) is 9.37 Å². The van der Waals surface area contributed by atoms with Crippen molar-refractivity contribution in [1.29, 1.82) is 0 Å². The molecule has 100 valence electrons. The van der Waals surface area contributed by atoms with Crippen molar-refractivity contribution in [2.45, 2.75) is 13.8 Å². The van der Waals surface area contributed by atoms with Crippen molar-refractivity contribution < 1.29 is 4.39 Å². The van der Waals surface area contributed by atoms with Crippen LogP contribution in [0.4, 0.5) is 4.39 Å². The lowest BCUT2D eigenvalue weighted by molar-refractivity contribution is 0.628. The smallest absolute Gasteiger partial charge is 0.258 e. The molecule has 0 spiro atoms. The molecule has 0 bridgehead atoms. The predicted octanol–water partition coefficient (Wildman–Crippen LogP) is 3.12. The average Bonchev–Trinajstić information content (AvgIpc) is 2.38. The van der Waals surface area contributed by atoms with Gasteiger partial charge in [-0.15, -0.1) is 0 Å². The lowest BCUT2D eigenvalue weighted by atomic mass is 10.1. The molecule has 0 unspecified atom stereocenters. The van der Waals surface area contributed by atoms with E-state index in [0.717, 1.165) is 16.8 Å². The first-order valence-corrected chi connectivity index (χ1v) is 6.31. The van der Waals surface area contributed by atoms with Crippen LogP contribution in [0.5, 0.6) is 0 Å². The number of hydrogen-bond donors (Lipinski definition) is 0. The molecule has 1 aromatic carbocycles. The van der Waals surface area contributed by atoms with Gasteiger partial charge in [0.1, 0.15) is 11.5 Å². The van der Waals surface area contributed by atoms with Crippen LogP contribution in [0.3, 0.4) is 0 Å². The summed E-state index contributed by atoms with van der Waals surface area (Å²) in [5.74, 6) is -0.307. The minimum atomic E-state index is -0.307. The fraction of sp³-hybridized carbons (Fsp3) is 0.125. The lowest BCUT2D eigenvalue weighted by Crippen LogP contribution is -2.16. The third kappa shape index (κ3) is 2.09. The highest BCUT2D eigenvalue weighted by molar-refractivity contribution is 5.61. The largest absolute Gasteiger partial charge is 0.269 e. The monoisotopic (exact) mass is 268 g/mol. The van der Waals surface area contributed by atoms with Gasteiger partial charge in [0.15, 0.2) is 0 Å². The molecule has 0 aliphatic rings. The molecule has 2 heterocycles. The van der Waals surface area contributed by atoms with Gasteiger partial charge in [0.25, 0.3) is 5.56 Å². The minimum absolute atomic E-state index is 0.133. The zero-order valence-corrected chi connectivity index (χ0v) is 11.2. The fourth-order valence-corrected chi connectivity index (χ4v) is 2.36. The topological polar surface area (TPSA) is 34.4 Å². The molecule has 0 radical (unpaired) electrons. The van der Waals surface area contributed by atoms with E-state index in [2.05, 4.69) is 4.98 Å². The number of benzene rings is 1. The van der Waals surface area contributed by atoms with Crippen molar-refractivity contribution in [3.8, 4) is 11.3 Å². The van der Waals surface area contributed by atoms with Crippen LogP contribution >= 0.6 is 0 Å². The molecule has 0 saturated carbocycles. The maximum atomic E-state index is 13.0. The van der Waals surface area contributed by atoms with Crippen LogP contribution in [-0.4, -0.2) is 9.38 Å². The van der Waals surface area contributed by atoms with Crippen LogP contribution in [0.1, 0.15) is 11.3 Å². The summed E-state index contributed by atoms with van der Waals surface area (Å²) in [6, 6.07) is 11.2. The minimum Gasteiger partial charge on any atom is -0.269 e. The summed E-state index contributed by atoms with van der Waals surface area (Å²) in [5, 5.41) is 0. The molecule has 2 aromatic heterocycles. The number of fused-ring (bicyclic) bond motifs is 1. The Morgan fingerprint density at radius 3 is 2.45 bits per heavy atom. The molecule has 0 aliphatic carbocycles. The van der Waals surface area contributed by atoms with Crippen molar-refractivity contribution in [2.75, 3.05) is 0 Å². The number of nitrogens with zero attached hydrogens (tertiary/aromatic N) is 2. The normalized spacial score (nSPS) is 10.9. The Balaban J connectivity index is 2.29. The van der Waals surface area contributed by atoms with E-state index in [1.165, 1.54) is 18.2 Å². The van der Waals surface area contributed by atoms with Gasteiger partial charge in [-0.2, -0.15) is 0 Å². The van der Waals surface area contributed by atoms with Crippen LogP contribution < -0.4 is 5.56 Å². The maximum absolute atomic E-state index is 13.0. The SMILES string of the molecule is Cc1cc(C)n2c(=O)cc(-c3ccc(F)cc3)nc2c1. The Kier molecular flexibility index (Phi) is 2.86. The number of hydrogen-bond acceptors (Lipinski definition) is 2. The molecule has 0 aliphatic heterocycles. The summed E-state index contributed by atoms with van der Waals surface area (Å²) in [4.78, 5) is 16.7. The first kappa shape index (κ1) is 12.5. The van der Waals surface area contributed by atoms with E-state index in [0.29, 0.717) is 11.3 Å². The molecule has 0 atom stereocenters. The Morgan fingerprint density at radius 2 is 1.75 bits per heavy atom. The summed E-state index contributed by atoms with van der Waals surface area (Å²) in [6.07, 6.45) is 0. The molecule has 0 N–H and O–H groups in total. The average molecular weight is 268 g/mol. The second-order valence-corrected chi connectivity index (χ2v) is 4.85. The standard InChI is InChI=1S/C16H13FN2O/c1-10-7-11(2)19-15(8-10)18-14(9-16(19)20)12-3-5-13(17)6-4-12/h3-9H,1-2H3. The summed E-state index contributed by atoms with van der Waals surface area (Å²) in [5.41, 5.74) is 3.65. The molecule has 0 amide bonds. The van der Waals surface area contributed by atoms with Crippen molar-refractivity contribution >= 4 is 5.65 Å². The zero-order valence-electron chi connectivity index (χ0n) is 11.2. The zero-order chi connectivity index (χ0) is 14.3. The molecule has 3 aromatic rings. The Bertz CT molecular complexity index is 851. The van der Waals surface area contributed by atoms with Crippen LogP contribution in [0, 0.1) is 19.7 Å². The molecule has 0 fully saturated rings. The van der Waals surface area contributed by atoms with Crippen molar-refractivity contribution in [3.63, 3.8) is 0 Å². The quantitative estimate of drug-likeness (QED) is 0.679. The highest BCUT2D eigenvalue weighted by Crippen LogP contribution is 2.17. The van der Waals surface area contributed by atoms with Gasteiger partial charge in [-0.1, -0.05) is 0 Å². The van der Waals surface area contributed by atoms with Crippen LogP contribution in [-0.2, 0) is 0 Å². The number of halogens is 1. The summed E-state index contributed by atoms with van der Waals surface area (Å²) in [6.45, 7) is 3.84. The second kappa shape index (κ2) is 4.56. The van der Waals surface area contributed by atoms with E-state index in [1.807, 2.05) is 26.0 Å². The van der Waals surface area contributed by atoms with Crippen LogP contribution in [0.15, 0.2) is 47.3 Å². The molecule has 3 nitrogen and oxygen atoms in total. The van der Waals surface area contributed by atoms with E-state index in [9.17, 15) is 9.18 Å². The van der Waals surface area contributed by atoms with Gasteiger partial charge in [-0.3, -0.25) is 9.20 Å². The fourth-order valence-electron chi connectivity index (χ4n) is 2.36. The van der Waals surface area contributed by atoms with E-state index in [4.69, 9.17) is 0 Å². The Hall–Kier alpha value is -2.49. The predicted molar refractivity (Wildman–Crippen MR) is 76.3 cm³/mol. The highest BCUT2D eigenvalue weighted by Gasteiger charge is 2.07. The number of pyridine rings is 1. The second-order valence-electron chi connectivity index (χ2n) is 4.85. The van der Waals surface area contributed by atoms with Crippen LogP contribution in [0.25, 0.3) is 16.9 Å².